The number of rotatable bonds is 7. The van der Waals surface area contributed by atoms with E-state index in [-0.39, 0.29) is 23.2 Å². The molecule has 0 aromatic heterocycles. The number of ether oxygens (including phenoxy) is 1. The summed E-state index contributed by atoms with van der Waals surface area (Å²) in [5.74, 6) is 2.03. The summed E-state index contributed by atoms with van der Waals surface area (Å²) in [7, 11) is 0. The number of hydrogen-bond acceptors (Lipinski definition) is 5. The van der Waals surface area contributed by atoms with Crippen LogP contribution in [0.15, 0.2) is 18.2 Å². The van der Waals surface area contributed by atoms with Crippen LogP contribution in [0, 0.1) is 11.7 Å². The summed E-state index contributed by atoms with van der Waals surface area (Å²) in [6.07, 6.45) is 5.19. The maximum absolute atomic E-state index is 13.8. The molecule has 8 heteroatoms. The predicted molar refractivity (Wildman–Crippen MR) is 140 cm³/mol. The van der Waals surface area contributed by atoms with E-state index in [1.807, 2.05) is 29.7 Å². The topological polar surface area (TPSA) is 61.9 Å². The Kier molecular flexibility index (Phi) is 8.50. The molecule has 194 valence electrons. The maximum atomic E-state index is 13.8. The van der Waals surface area contributed by atoms with E-state index in [2.05, 4.69) is 24.1 Å². The van der Waals surface area contributed by atoms with Gasteiger partial charge in [-0.2, -0.15) is 11.8 Å². The van der Waals surface area contributed by atoms with Gasteiger partial charge in [-0.25, -0.2) is 9.18 Å². The largest absolute Gasteiger partial charge is 0.436 e. The molecule has 6 nitrogen and oxygen atoms in total. The fourth-order valence-corrected chi connectivity index (χ4v) is 6.69. The van der Waals surface area contributed by atoms with Gasteiger partial charge in [-0.05, 0) is 43.0 Å². The first-order valence-electron chi connectivity index (χ1n) is 13.1. The fraction of sp³-hybridized carbons (Fsp3) is 0.704. The molecule has 2 unspecified atom stereocenters. The maximum Gasteiger partial charge on any atom is 0.408 e. The Hall–Kier alpha value is -1.96. The van der Waals surface area contributed by atoms with Crippen LogP contribution in [0.2, 0.25) is 0 Å². The van der Waals surface area contributed by atoms with Crippen molar-refractivity contribution in [2.24, 2.45) is 5.92 Å². The zero-order chi connectivity index (χ0) is 25.0. The van der Waals surface area contributed by atoms with E-state index < -0.39 is 12.2 Å². The lowest BCUT2D eigenvalue weighted by molar-refractivity contribution is -0.141. The summed E-state index contributed by atoms with van der Waals surface area (Å²) in [5, 5.41) is 2.95. The second kappa shape index (κ2) is 11.4. The molecule has 1 saturated carbocycles. The van der Waals surface area contributed by atoms with Crippen LogP contribution < -0.4 is 10.2 Å². The third-order valence-corrected chi connectivity index (χ3v) is 8.54. The molecule has 3 aliphatic rings. The van der Waals surface area contributed by atoms with Crippen LogP contribution in [0.1, 0.15) is 64.9 Å². The summed E-state index contributed by atoms with van der Waals surface area (Å²) in [6.45, 7) is 8.93. The first-order chi connectivity index (χ1) is 16.7. The minimum Gasteiger partial charge on any atom is -0.436 e. The number of carbonyl (C=O) groups excluding carboxylic acids is 2. The van der Waals surface area contributed by atoms with E-state index in [0.717, 1.165) is 55.2 Å². The van der Waals surface area contributed by atoms with E-state index in [0.29, 0.717) is 18.9 Å². The molecule has 4 rings (SSSR count). The van der Waals surface area contributed by atoms with Gasteiger partial charge in [0.05, 0.1) is 0 Å². The Bertz CT molecular complexity index is 900. The Balaban J connectivity index is 1.36. The molecule has 0 bridgehead atoms. The van der Waals surface area contributed by atoms with Crippen molar-refractivity contribution in [2.45, 2.75) is 76.9 Å². The highest BCUT2D eigenvalue weighted by atomic mass is 32.2. The number of benzene rings is 1. The van der Waals surface area contributed by atoms with Gasteiger partial charge in [-0.1, -0.05) is 46.0 Å². The Morgan fingerprint density at radius 1 is 1.20 bits per heavy atom. The van der Waals surface area contributed by atoms with Crippen molar-refractivity contribution in [1.82, 2.24) is 10.2 Å². The second-order valence-corrected chi connectivity index (χ2v) is 12.3. The van der Waals surface area contributed by atoms with Crippen LogP contribution in [-0.4, -0.2) is 66.7 Å². The lowest BCUT2D eigenvalue weighted by Gasteiger charge is -2.32. The molecule has 0 spiro atoms. The number of thioether (sulfide) groups is 1. The average molecular weight is 506 g/mol. The first kappa shape index (κ1) is 26.1. The lowest BCUT2D eigenvalue weighted by Crippen LogP contribution is -2.48. The van der Waals surface area contributed by atoms with Crippen molar-refractivity contribution in [3.63, 3.8) is 0 Å². The predicted octanol–water partition coefficient (Wildman–Crippen LogP) is 4.95. The molecular weight excluding hydrogens is 465 g/mol. The number of halogens is 1. The molecule has 1 N–H and O–H groups in total. The Morgan fingerprint density at radius 3 is 2.63 bits per heavy atom. The van der Waals surface area contributed by atoms with Crippen molar-refractivity contribution in [3.8, 4) is 0 Å². The molecule has 1 saturated heterocycles. The number of alkyl carbamates (subject to hydrolysis) is 1. The second-order valence-electron chi connectivity index (χ2n) is 11.0. The number of carbonyl (C=O) groups is 2. The lowest BCUT2D eigenvalue weighted by atomic mass is 9.85. The highest BCUT2D eigenvalue weighted by molar-refractivity contribution is 7.99. The van der Waals surface area contributed by atoms with Crippen LogP contribution in [0.3, 0.4) is 0 Å². The fourth-order valence-electron chi connectivity index (χ4n) is 5.79. The Morgan fingerprint density at radius 2 is 1.91 bits per heavy atom. The third kappa shape index (κ3) is 6.63. The summed E-state index contributed by atoms with van der Waals surface area (Å²) in [6, 6.07) is 4.73. The van der Waals surface area contributed by atoms with E-state index in [9.17, 15) is 14.0 Å². The number of hydrogen-bond donors (Lipinski definition) is 1. The van der Waals surface area contributed by atoms with E-state index in [4.69, 9.17) is 4.74 Å². The van der Waals surface area contributed by atoms with Crippen molar-refractivity contribution in [2.75, 3.05) is 42.6 Å². The molecule has 0 radical (unpaired) electrons. The molecular formula is C27H40FN3O3S. The normalized spacial score (nSPS) is 21.8. The highest BCUT2D eigenvalue weighted by Crippen LogP contribution is 2.40. The van der Waals surface area contributed by atoms with Gasteiger partial charge >= 0.3 is 6.09 Å². The molecule has 2 aliphatic heterocycles. The monoisotopic (exact) mass is 505 g/mol. The number of nitrogens with zero attached hydrogens (tertiary/aromatic N) is 2. The smallest absolute Gasteiger partial charge is 0.408 e. The van der Waals surface area contributed by atoms with Crippen molar-refractivity contribution >= 4 is 29.4 Å². The molecule has 1 aromatic rings. The average Bonchev–Trinajstić information content (AvgIpc) is 3.08. The minimum absolute atomic E-state index is 0.0454. The van der Waals surface area contributed by atoms with Crippen LogP contribution in [0.5, 0.6) is 0 Å². The quantitative estimate of drug-likeness (QED) is 0.568. The molecule has 1 aromatic carbocycles. The number of anilines is 1. The number of fused-ring (bicyclic) bond motifs is 1. The van der Waals surface area contributed by atoms with Gasteiger partial charge in [0.25, 0.3) is 5.91 Å². The molecule has 35 heavy (non-hydrogen) atoms. The summed E-state index contributed by atoms with van der Waals surface area (Å²) in [4.78, 5) is 30.2. The summed E-state index contributed by atoms with van der Waals surface area (Å²) < 4.78 is 19.6. The van der Waals surface area contributed by atoms with E-state index in [1.54, 1.807) is 6.07 Å². The molecule has 1 aliphatic carbocycles. The van der Waals surface area contributed by atoms with Gasteiger partial charge in [0, 0.05) is 54.8 Å². The summed E-state index contributed by atoms with van der Waals surface area (Å²) >= 11 is 1.86. The summed E-state index contributed by atoms with van der Waals surface area (Å²) in [5.41, 5.74) is 1.83. The van der Waals surface area contributed by atoms with Crippen molar-refractivity contribution in [1.29, 1.82) is 0 Å². The zero-order valence-corrected chi connectivity index (χ0v) is 22.2. The molecule has 2 atom stereocenters. The van der Waals surface area contributed by atoms with Gasteiger partial charge in [0.1, 0.15) is 5.82 Å². The minimum atomic E-state index is -0.720. The first-order valence-corrected chi connectivity index (χ1v) is 14.3. The van der Waals surface area contributed by atoms with Crippen LogP contribution >= 0.6 is 11.8 Å². The van der Waals surface area contributed by atoms with Crippen LogP contribution in [-0.2, 0) is 14.9 Å². The third-order valence-electron chi connectivity index (χ3n) is 7.59. The van der Waals surface area contributed by atoms with Gasteiger partial charge < -0.3 is 19.9 Å². The van der Waals surface area contributed by atoms with Crippen molar-refractivity contribution < 1.29 is 18.7 Å². The van der Waals surface area contributed by atoms with E-state index >= 15 is 0 Å². The number of nitrogens with one attached hydrogen (secondary N) is 1. The standard InChI is InChI=1S/C27H40FN3O3S/c1-19(17-31-18-27(2,3)22-16-21(28)9-10-23(22)31)29-26(33)34-24(15-20-7-5-4-6-8-20)25(32)30-11-13-35-14-12-30/h9-10,16,19-20,24H,4-8,11-15,17-18H2,1-3H3,(H,29,33). The number of amides is 2. The molecule has 2 amide bonds. The van der Waals surface area contributed by atoms with Crippen LogP contribution in [0.4, 0.5) is 14.9 Å². The van der Waals surface area contributed by atoms with Gasteiger partial charge in [0.15, 0.2) is 6.10 Å². The molecule has 2 heterocycles. The van der Waals surface area contributed by atoms with Crippen molar-refractivity contribution in [3.05, 3.63) is 29.6 Å². The van der Waals surface area contributed by atoms with Gasteiger partial charge in [-0.3, -0.25) is 4.79 Å². The highest BCUT2D eigenvalue weighted by Gasteiger charge is 2.36. The SMILES string of the molecule is CC(CN1CC(C)(C)c2cc(F)ccc21)NC(=O)OC(CC1CCCCC1)C(=O)N1CCSCC1. The van der Waals surface area contributed by atoms with Crippen LogP contribution in [0.25, 0.3) is 0 Å². The van der Waals surface area contributed by atoms with Gasteiger partial charge in [0.2, 0.25) is 0 Å². The zero-order valence-electron chi connectivity index (χ0n) is 21.4. The van der Waals surface area contributed by atoms with Gasteiger partial charge in [-0.15, -0.1) is 0 Å². The molecule has 2 fully saturated rings. The van der Waals surface area contributed by atoms with E-state index in [1.165, 1.54) is 25.3 Å². The Labute approximate surface area is 213 Å².